The largest absolute Gasteiger partial charge is 0.369 e. The van der Waals surface area contributed by atoms with E-state index >= 15 is 0 Å². The van der Waals surface area contributed by atoms with Crippen molar-refractivity contribution >= 4 is 21.8 Å². The molecule has 4 heteroatoms. The summed E-state index contributed by atoms with van der Waals surface area (Å²) in [7, 11) is 0. The minimum Gasteiger partial charge on any atom is -0.369 e. The molecule has 1 aromatic rings. The van der Waals surface area contributed by atoms with Crippen molar-refractivity contribution in [2.45, 2.75) is 26.8 Å². The Balaban J connectivity index is 2.65. The van der Waals surface area contributed by atoms with Crippen LogP contribution >= 0.6 is 15.9 Å². The third kappa shape index (κ3) is 3.82. The maximum Gasteiger partial charge on any atom is 0.224 e. The topological polar surface area (TPSA) is 55.1 Å². The number of rotatable bonds is 5. The first kappa shape index (κ1) is 14.2. The Morgan fingerprint density at radius 3 is 2.59 bits per heavy atom. The number of nitrogens with two attached hydrogens (primary N) is 1. The van der Waals surface area contributed by atoms with Crippen LogP contribution in [0.1, 0.15) is 32.4 Å². The predicted molar refractivity (Wildman–Crippen MR) is 73.5 cm³/mol. The van der Waals surface area contributed by atoms with Gasteiger partial charge in [-0.25, -0.2) is 0 Å². The molecule has 0 saturated heterocycles. The summed E-state index contributed by atoms with van der Waals surface area (Å²) < 4.78 is 1.07. The highest BCUT2D eigenvalue weighted by atomic mass is 79.9. The first-order valence-electron chi connectivity index (χ1n) is 5.62. The molecule has 1 unspecified atom stereocenters. The molecule has 0 bridgehead atoms. The smallest absolute Gasteiger partial charge is 0.224 e. The van der Waals surface area contributed by atoms with Crippen LogP contribution in [0.15, 0.2) is 28.7 Å². The lowest BCUT2D eigenvalue weighted by Gasteiger charge is -2.24. The Morgan fingerprint density at radius 2 is 2.06 bits per heavy atom. The van der Waals surface area contributed by atoms with Crippen LogP contribution in [0.3, 0.4) is 0 Å². The lowest BCUT2D eigenvalue weighted by Crippen LogP contribution is -2.41. The first-order chi connectivity index (χ1) is 7.84. The Labute approximate surface area is 111 Å². The molecule has 3 nitrogen and oxygen atoms in total. The monoisotopic (exact) mass is 298 g/mol. The molecule has 0 saturated carbocycles. The third-order valence-electron chi connectivity index (χ3n) is 2.89. The Bertz CT molecular complexity index is 404. The molecule has 0 heterocycles. The van der Waals surface area contributed by atoms with E-state index in [4.69, 9.17) is 5.73 Å². The van der Waals surface area contributed by atoms with Gasteiger partial charge in [-0.2, -0.15) is 0 Å². The van der Waals surface area contributed by atoms with Crippen molar-refractivity contribution in [2.75, 3.05) is 6.54 Å². The summed E-state index contributed by atoms with van der Waals surface area (Å²) in [5.41, 5.74) is 5.98. The lowest BCUT2D eigenvalue weighted by molar-refractivity contribution is -0.125. The van der Waals surface area contributed by atoms with Crippen molar-refractivity contribution in [1.82, 2.24) is 5.32 Å². The van der Waals surface area contributed by atoms with Gasteiger partial charge in [0.15, 0.2) is 0 Å². The van der Waals surface area contributed by atoms with E-state index in [0.717, 1.165) is 4.47 Å². The fourth-order valence-corrected chi connectivity index (χ4v) is 2.06. The quantitative estimate of drug-likeness (QED) is 0.878. The maximum atomic E-state index is 11.2. The van der Waals surface area contributed by atoms with E-state index in [1.807, 2.05) is 32.0 Å². The summed E-state index contributed by atoms with van der Waals surface area (Å²) in [6, 6.07) is 8.21. The van der Waals surface area contributed by atoms with Gasteiger partial charge in [-0.3, -0.25) is 4.79 Å². The van der Waals surface area contributed by atoms with Crippen molar-refractivity contribution in [2.24, 2.45) is 11.1 Å². The average Bonchev–Trinajstić information content (AvgIpc) is 2.26. The predicted octanol–water partition coefficient (Wildman–Crippen LogP) is 2.61. The normalized spacial score (nSPS) is 13.4. The summed E-state index contributed by atoms with van der Waals surface area (Å²) in [6.45, 7) is 6.31. The van der Waals surface area contributed by atoms with Gasteiger partial charge in [0.25, 0.3) is 0 Å². The minimum atomic E-state index is -0.532. The van der Waals surface area contributed by atoms with E-state index in [-0.39, 0.29) is 11.9 Å². The van der Waals surface area contributed by atoms with E-state index in [1.165, 1.54) is 5.56 Å². The second kappa shape index (κ2) is 5.65. The van der Waals surface area contributed by atoms with Crippen molar-refractivity contribution in [1.29, 1.82) is 0 Å². The van der Waals surface area contributed by atoms with Crippen molar-refractivity contribution < 1.29 is 4.79 Å². The fraction of sp³-hybridized carbons (Fsp3) is 0.462. The fourth-order valence-electron chi connectivity index (χ4n) is 1.43. The highest BCUT2D eigenvalue weighted by Crippen LogP contribution is 2.23. The molecule has 1 amide bonds. The van der Waals surface area contributed by atoms with Crippen LogP contribution in [-0.4, -0.2) is 12.5 Å². The minimum absolute atomic E-state index is 0.171. The summed E-state index contributed by atoms with van der Waals surface area (Å²) in [6.07, 6.45) is 0. The number of hydrogen-bond acceptors (Lipinski definition) is 2. The number of amides is 1. The highest BCUT2D eigenvalue weighted by molar-refractivity contribution is 9.10. The molecule has 0 aliphatic heterocycles. The summed E-state index contributed by atoms with van der Waals surface area (Å²) in [5.74, 6) is -0.288. The van der Waals surface area contributed by atoms with Crippen LogP contribution in [0.5, 0.6) is 0 Å². The van der Waals surface area contributed by atoms with Gasteiger partial charge in [-0.05, 0) is 32.4 Å². The van der Waals surface area contributed by atoms with Gasteiger partial charge >= 0.3 is 0 Å². The van der Waals surface area contributed by atoms with Crippen LogP contribution in [-0.2, 0) is 4.79 Å². The zero-order valence-corrected chi connectivity index (χ0v) is 12.0. The zero-order chi connectivity index (χ0) is 13.1. The lowest BCUT2D eigenvalue weighted by atomic mass is 9.92. The number of benzene rings is 1. The van der Waals surface area contributed by atoms with Crippen LogP contribution in [0.25, 0.3) is 0 Å². The highest BCUT2D eigenvalue weighted by Gasteiger charge is 2.25. The molecule has 0 fully saturated rings. The second-order valence-electron chi connectivity index (χ2n) is 4.87. The van der Waals surface area contributed by atoms with E-state index in [2.05, 4.69) is 34.2 Å². The number of primary amides is 1. The third-order valence-corrected chi connectivity index (χ3v) is 3.61. The molecule has 0 aliphatic carbocycles. The molecule has 0 aromatic heterocycles. The van der Waals surface area contributed by atoms with E-state index in [1.54, 1.807) is 0 Å². The Hall–Kier alpha value is -0.870. The van der Waals surface area contributed by atoms with Crippen LogP contribution in [0.4, 0.5) is 0 Å². The zero-order valence-electron chi connectivity index (χ0n) is 10.5. The molecule has 94 valence electrons. The van der Waals surface area contributed by atoms with E-state index < -0.39 is 5.41 Å². The van der Waals surface area contributed by atoms with Gasteiger partial charge in [0.2, 0.25) is 5.91 Å². The maximum absolute atomic E-state index is 11.2. The molecular formula is C13H19BrN2O. The summed E-state index contributed by atoms with van der Waals surface area (Å²) in [4.78, 5) is 11.2. The van der Waals surface area contributed by atoms with Crippen molar-refractivity contribution in [3.8, 4) is 0 Å². The molecular weight excluding hydrogens is 280 g/mol. The molecule has 1 atom stereocenters. The number of halogens is 1. The first-order valence-corrected chi connectivity index (χ1v) is 6.41. The molecule has 0 aliphatic rings. The second-order valence-corrected chi connectivity index (χ2v) is 5.73. The van der Waals surface area contributed by atoms with Crippen molar-refractivity contribution in [3.63, 3.8) is 0 Å². The molecule has 0 radical (unpaired) electrons. The average molecular weight is 299 g/mol. The van der Waals surface area contributed by atoms with Crippen molar-refractivity contribution in [3.05, 3.63) is 34.3 Å². The number of nitrogens with one attached hydrogen (secondary N) is 1. The Kier molecular flexibility index (Phi) is 4.71. The SMILES string of the molecule is CC(NCC(C)(C)C(N)=O)c1ccccc1Br. The number of carbonyl (C=O) groups excluding carboxylic acids is 1. The molecule has 1 aromatic carbocycles. The molecule has 1 rings (SSSR count). The summed E-state index contributed by atoms with van der Waals surface area (Å²) >= 11 is 3.51. The summed E-state index contributed by atoms with van der Waals surface area (Å²) in [5, 5.41) is 3.33. The van der Waals surface area contributed by atoms with Crippen LogP contribution in [0.2, 0.25) is 0 Å². The van der Waals surface area contributed by atoms with Gasteiger partial charge in [-0.15, -0.1) is 0 Å². The molecule has 0 spiro atoms. The van der Waals surface area contributed by atoms with E-state index in [9.17, 15) is 4.79 Å². The van der Waals surface area contributed by atoms with Gasteiger partial charge in [0, 0.05) is 17.1 Å². The van der Waals surface area contributed by atoms with E-state index in [0.29, 0.717) is 6.54 Å². The van der Waals surface area contributed by atoms with Gasteiger partial charge < -0.3 is 11.1 Å². The van der Waals surface area contributed by atoms with Gasteiger partial charge in [0.1, 0.15) is 0 Å². The van der Waals surface area contributed by atoms with Gasteiger partial charge in [0.05, 0.1) is 5.41 Å². The Morgan fingerprint density at radius 1 is 1.47 bits per heavy atom. The molecule has 17 heavy (non-hydrogen) atoms. The van der Waals surface area contributed by atoms with Crippen LogP contribution in [0, 0.1) is 5.41 Å². The number of hydrogen-bond donors (Lipinski definition) is 2. The molecule has 3 N–H and O–H groups in total. The standard InChI is InChI=1S/C13H19BrN2O/c1-9(10-6-4-5-7-11(10)14)16-8-13(2,3)12(15)17/h4-7,9,16H,8H2,1-3H3,(H2,15,17). The van der Waals surface area contributed by atoms with Gasteiger partial charge in [-0.1, -0.05) is 34.1 Å². The number of carbonyl (C=O) groups is 1. The van der Waals surface area contributed by atoms with Crippen LogP contribution < -0.4 is 11.1 Å².